The van der Waals surface area contributed by atoms with Gasteiger partial charge in [-0.05, 0) is 30.2 Å². The van der Waals surface area contributed by atoms with Crippen LogP contribution < -0.4 is 5.32 Å². The summed E-state index contributed by atoms with van der Waals surface area (Å²) >= 11 is 0. The molecule has 1 aromatic carbocycles. The molecule has 0 aliphatic carbocycles. The smallest absolute Gasteiger partial charge is 0.335 e. The van der Waals surface area contributed by atoms with E-state index >= 15 is 0 Å². The number of hydrogen-bond donors (Lipinski definition) is 2. The Morgan fingerprint density at radius 2 is 2.00 bits per heavy atom. The van der Waals surface area contributed by atoms with E-state index in [1.807, 2.05) is 6.92 Å². The van der Waals surface area contributed by atoms with E-state index in [9.17, 15) is 9.59 Å². The lowest BCUT2D eigenvalue weighted by molar-refractivity contribution is -0.125. The molecule has 6 heteroatoms. The fourth-order valence-electron chi connectivity index (χ4n) is 1.82. The third-order valence-electron chi connectivity index (χ3n) is 2.77. The van der Waals surface area contributed by atoms with Gasteiger partial charge in [0.05, 0.1) is 12.2 Å². The van der Waals surface area contributed by atoms with Gasteiger partial charge in [0, 0.05) is 19.9 Å². The number of ether oxygens (including phenoxy) is 2. The van der Waals surface area contributed by atoms with Crippen LogP contribution in [0.5, 0.6) is 0 Å². The summed E-state index contributed by atoms with van der Waals surface area (Å²) < 4.78 is 10.0. The second-order valence-corrected chi connectivity index (χ2v) is 4.28. The second kappa shape index (κ2) is 7.62. The first kappa shape index (κ1) is 16.1. The molecule has 0 saturated heterocycles. The van der Waals surface area contributed by atoms with E-state index in [0.717, 1.165) is 0 Å². The molecule has 110 valence electrons. The van der Waals surface area contributed by atoms with Gasteiger partial charge in [-0.2, -0.15) is 0 Å². The molecule has 1 amide bonds. The van der Waals surface area contributed by atoms with Crippen LogP contribution in [0.25, 0.3) is 0 Å². The highest BCUT2D eigenvalue weighted by Gasteiger charge is 2.16. The molecule has 0 spiro atoms. The molecule has 20 heavy (non-hydrogen) atoms. The lowest BCUT2D eigenvalue weighted by Gasteiger charge is -2.14. The third kappa shape index (κ3) is 4.32. The number of methoxy groups -OCH3 is 2. The SMILES string of the molecule is CCC(OC)C(=O)Nc1cc(COC)cc(C(=O)O)c1. The van der Waals surface area contributed by atoms with Crippen molar-refractivity contribution in [1.82, 2.24) is 0 Å². The summed E-state index contributed by atoms with van der Waals surface area (Å²) in [6.07, 6.45) is -0.0272. The van der Waals surface area contributed by atoms with E-state index in [0.29, 0.717) is 17.7 Å². The van der Waals surface area contributed by atoms with Crippen molar-refractivity contribution < 1.29 is 24.2 Å². The van der Waals surface area contributed by atoms with Crippen molar-refractivity contribution in [3.05, 3.63) is 29.3 Å². The highest BCUT2D eigenvalue weighted by molar-refractivity contribution is 5.96. The minimum Gasteiger partial charge on any atom is -0.478 e. The maximum atomic E-state index is 11.9. The van der Waals surface area contributed by atoms with Gasteiger partial charge >= 0.3 is 5.97 Å². The quantitative estimate of drug-likeness (QED) is 0.797. The largest absolute Gasteiger partial charge is 0.478 e. The van der Waals surface area contributed by atoms with Crippen LogP contribution in [0.3, 0.4) is 0 Å². The molecule has 1 aromatic rings. The number of amides is 1. The van der Waals surface area contributed by atoms with Crippen molar-refractivity contribution in [2.75, 3.05) is 19.5 Å². The number of carbonyl (C=O) groups excluding carboxylic acids is 1. The maximum Gasteiger partial charge on any atom is 0.335 e. The number of carbonyl (C=O) groups is 2. The van der Waals surface area contributed by atoms with Gasteiger partial charge in [-0.1, -0.05) is 6.92 Å². The Hall–Kier alpha value is -1.92. The van der Waals surface area contributed by atoms with Crippen LogP contribution in [-0.2, 0) is 20.9 Å². The first-order chi connectivity index (χ1) is 9.51. The van der Waals surface area contributed by atoms with Crippen LogP contribution in [0.2, 0.25) is 0 Å². The molecule has 0 heterocycles. The molecular formula is C14H19NO5. The van der Waals surface area contributed by atoms with Crippen LogP contribution in [0, 0.1) is 0 Å². The zero-order chi connectivity index (χ0) is 15.1. The molecule has 2 N–H and O–H groups in total. The summed E-state index contributed by atoms with van der Waals surface area (Å²) in [6, 6.07) is 4.59. The van der Waals surface area contributed by atoms with Crippen LogP contribution in [0.15, 0.2) is 18.2 Å². The van der Waals surface area contributed by atoms with Gasteiger partial charge < -0.3 is 19.9 Å². The van der Waals surface area contributed by atoms with Crippen molar-refractivity contribution in [2.45, 2.75) is 26.1 Å². The number of hydrogen-bond acceptors (Lipinski definition) is 4. The van der Waals surface area contributed by atoms with Crippen molar-refractivity contribution in [1.29, 1.82) is 0 Å². The summed E-state index contributed by atoms with van der Waals surface area (Å²) in [5, 5.41) is 11.7. The molecular weight excluding hydrogens is 262 g/mol. The molecule has 6 nitrogen and oxygen atoms in total. The molecule has 0 aromatic heterocycles. The van der Waals surface area contributed by atoms with Crippen molar-refractivity contribution in [3.63, 3.8) is 0 Å². The Morgan fingerprint density at radius 1 is 1.30 bits per heavy atom. The highest BCUT2D eigenvalue weighted by atomic mass is 16.5. The Balaban J connectivity index is 2.98. The van der Waals surface area contributed by atoms with E-state index in [4.69, 9.17) is 14.6 Å². The third-order valence-corrected chi connectivity index (χ3v) is 2.77. The molecule has 1 unspecified atom stereocenters. The normalized spacial score (nSPS) is 11.9. The summed E-state index contributed by atoms with van der Waals surface area (Å²) in [4.78, 5) is 23.0. The van der Waals surface area contributed by atoms with Gasteiger partial charge in [0.15, 0.2) is 0 Å². The maximum absolute atomic E-state index is 11.9. The number of carboxylic acid groups (broad SMARTS) is 1. The topological polar surface area (TPSA) is 84.9 Å². The minimum atomic E-state index is -1.06. The molecule has 0 bridgehead atoms. The van der Waals surface area contributed by atoms with Gasteiger partial charge in [-0.3, -0.25) is 4.79 Å². The number of rotatable bonds is 7. The van der Waals surface area contributed by atoms with Crippen molar-refractivity contribution >= 4 is 17.6 Å². The van der Waals surface area contributed by atoms with Gasteiger partial charge in [0.25, 0.3) is 5.91 Å². The lowest BCUT2D eigenvalue weighted by atomic mass is 10.1. The van der Waals surface area contributed by atoms with E-state index in [-0.39, 0.29) is 18.1 Å². The molecule has 1 rings (SSSR count). The number of aromatic carboxylic acids is 1. The molecule has 0 saturated carbocycles. The number of benzene rings is 1. The average molecular weight is 281 g/mol. The standard InChI is InChI=1S/C14H19NO5/c1-4-12(20-3)13(16)15-11-6-9(8-19-2)5-10(7-11)14(17)18/h5-7,12H,4,8H2,1-3H3,(H,15,16)(H,17,18). The van der Waals surface area contributed by atoms with Crippen molar-refractivity contribution in [2.24, 2.45) is 0 Å². The fraction of sp³-hybridized carbons (Fsp3) is 0.429. The second-order valence-electron chi connectivity index (χ2n) is 4.28. The number of nitrogens with one attached hydrogen (secondary N) is 1. The van der Waals surface area contributed by atoms with Gasteiger partial charge in [0.1, 0.15) is 6.10 Å². The van der Waals surface area contributed by atoms with Gasteiger partial charge in [-0.15, -0.1) is 0 Å². The predicted octanol–water partition coefficient (Wildman–Crippen LogP) is 1.89. The lowest BCUT2D eigenvalue weighted by Crippen LogP contribution is -2.28. The summed E-state index contributed by atoms with van der Waals surface area (Å²) in [6.45, 7) is 2.10. The summed E-state index contributed by atoms with van der Waals surface area (Å²) in [7, 11) is 2.97. The van der Waals surface area contributed by atoms with E-state index in [1.165, 1.54) is 26.4 Å². The zero-order valence-electron chi connectivity index (χ0n) is 11.8. The Bertz CT molecular complexity index is 482. The molecule has 0 aliphatic rings. The minimum absolute atomic E-state index is 0.0975. The fourth-order valence-corrected chi connectivity index (χ4v) is 1.82. The predicted molar refractivity (Wildman–Crippen MR) is 73.8 cm³/mol. The molecule has 0 fully saturated rings. The van der Waals surface area contributed by atoms with Crippen LogP contribution in [0.1, 0.15) is 29.3 Å². The number of carboxylic acids is 1. The van der Waals surface area contributed by atoms with Crippen LogP contribution in [-0.4, -0.2) is 37.3 Å². The highest BCUT2D eigenvalue weighted by Crippen LogP contribution is 2.17. The zero-order valence-corrected chi connectivity index (χ0v) is 11.8. The monoisotopic (exact) mass is 281 g/mol. The Kier molecular flexibility index (Phi) is 6.14. The van der Waals surface area contributed by atoms with Gasteiger partial charge in [-0.25, -0.2) is 4.79 Å². The summed E-state index contributed by atoms with van der Waals surface area (Å²) in [5.74, 6) is -1.36. The van der Waals surface area contributed by atoms with Crippen LogP contribution in [0.4, 0.5) is 5.69 Å². The molecule has 1 atom stereocenters. The van der Waals surface area contributed by atoms with E-state index < -0.39 is 12.1 Å². The van der Waals surface area contributed by atoms with Crippen molar-refractivity contribution in [3.8, 4) is 0 Å². The first-order valence-corrected chi connectivity index (χ1v) is 6.21. The average Bonchev–Trinajstić information content (AvgIpc) is 2.40. The van der Waals surface area contributed by atoms with E-state index in [1.54, 1.807) is 6.07 Å². The van der Waals surface area contributed by atoms with Gasteiger partial charge in [0.2, 0.25) is 0 Å². The Morgan fingerprint density at radius 3 is 2.50 bits per heavy atom. The summed E-state index contributed by atoms with van der Waals surface area (Å²) in [5.41, 5.74) is 1.19. The number of anilines is 1. The molecule has 0 aliphatic heterocycles. The van der Waals surface area contributed by atoms with Crippen LogP contribution >= 0.6 is 0 Å². The Labute approximate surface area is 117 Å². The van der Waals surface area contributed by atoms with E-state index in [2.05, 4.69) is 5.32 Å². The first-order valence-electron chi connectivity index (χ1n) is 6.21. The molecule has 0 radical (unpaired) electrons.